The second-order valence-corrected chi connectivity index (χ2v) is 12.0. The summed E-state index contributed by atoms with van der Waals surface area (Å²) in [5, 5.41) is 104. The molecule has 0 aromatic heterocycles. The zero-order chi connectivity index (χ0) is 30.5. The molecule has 5 aliphatic rings. The van der Waals surface area contributed by atoms with E-state index in [1.165, 1.54) is 0 Å². The third kappa shape index (κ3) is 5.93. The van der Waals surface area contributed by atoms with Gasteiger partial charge in [-0.2, -0.15) is 0 Å². The molecule has 42 heavy (non-hydrogen) atoms. The van der Waals surface area contributed by atoms with Crippen LogP contribution in [-0.4, -0.2) is 162 Å². The van der Waals surface area contributed by atoms with Gasteiger partial charge in [0.05, 0.1) is 55.8 Å². The van der Waals surface area contributed by atoms with Gasteiger partial charge in [0.2, 0.25) is 0 Å². The molecule has 0 spiro atoms. The normalized spacial score (nSPS) is 52.0. The van der Waals surface area contributed by atoms with Crippen molar-refractivity contribution in [2.75, 3.05) is 13.2 Å². The molecule has 17 unspecified atom stereocenters. The molecule has 0 bridgehead atoms. The zero-order valence-corrected chi connectivity index (χ0v) is 22.9. The van der Waals surface area contributed by atoms with E-state index in [4.69, 9.17) is 18.9 Å². The van der Waals surface area contributed by atoms with Crippen molar-refractivity contribution in [1.82, 2.24) is 0 Å². The van der Waals surface area contributed by atoms with Crippen molar-refractivity contribution in [3.8, 4) is 0 Å². The maximum atomic E-state index is 13.4. The molecule has 0 aromatic rings. The molecule has 17 atom stereocenters. The lowest BCUT2D eigenvalue weighted by molar-refractivity contribution is -0.351. The lowest BCUT2D eigenvalue weighted by atomic mass is 9.67. The predicted octanol–water partition coefficient (Wildman–Crippen LogP) is -4.79. The first-order valence-corrected chi connectivity index (χ1v) is 14.5. The summed E-state index contributed by atoms with van der Waals surface area (Å²) in [5.41, 5.74) is 0.794. The van der Waals surface area contributed by atoms with Crippen LogP contribution in [0.5, 0.6) is 0 Å². The van der Waals surface area contributed by atoms with Crippen molar-refractivity contribution < 1.29 is 74.8 Å². The van der Waals surface area contributed by atoms with Crippen LogP contribution >= 0.6 is 0 Å². The summed E-state index contributed by atoms with van der Waals surface area (Å²) in [6, 6.07) is 0. The average Bonchev–Trinajstić information content (AvgIpc) is 2.96. The van der Waals surface area contributed by atoms with Crippen LogP contribution in [0.2, 0.25) is 0 Å². The Balaban J connectivity index is 1.47. The van der Waals surface area contributed by atoms with Gasteiger partial charge in [-0.3, -0.25) is 4.79 Å². The molecular weight excluding hydrogens is 564 g/mol. The fourth-order valence-electron chi connectivity index (χ4n) is 7.04. The fourth-order valence-corrected chi connectivity index (χ4v) is 7.04. The van der Waals surface area contributed by atoms with Crippen molar-refractivity contribution in [3.63, 3.8) is 0 Å². The van der Waals surface area contributed by atoms with E-state index < -0.39 is 117 Å². The van der Waals surface area contributed by atoms with E-state index in [-0.39, 0.29) is 18.6 Å². The minimum absolute atomic E-state index is 0.0279. The fraction of sp³-hybridized carbons (Fsp3) is 0.889. The van der Waals surface area contributed by atoms with Crippen LogP contribution in [0.25, 0.3) is 0 Å². The first kappa shape index (κ1) is 32.2. The summed E-state index contributed by atoms with van der Waals surface area (Å²) in [7, 11) is 0. The smallest absolute Gasteiger partial charge is 0.187 e. The first-order chi connectivity index (χ1) is 20.0. The van der Waals surface area contributed by atoms with E-state index in [9.17, 15) is 55.9 Å². The van der Waals surface area contributed by atoms with Crippen LogP contribution in [0, 0.1) is 11.8 Å². The van der Waals surface area contributed by atoms with Crippen LogP contribution in [0.4, 0.5) is 0 Å². The molecule has 15 heteroatoms. The number of hydrogen-bond donors (Lipinski definition) is 10. The highest BCUT2D eigenvalue weighted by atomic mass is 16.7. The van der Waals surface area contributed by atoms with Crippen molar-refractivity contribution in [3.05, 3.63) is 11.6 Å². The number of ether oxygens (including phenoxy) is 4. The number of aliphatic hydroxyl groups excluding tert-OH is 10. The molecule has 3 heterocycles. The van der Waals surface area contributed by atoms with E-state index >= 15 is 0 Å². The minimum atomic E-state index is -1.86. The maximum absolute atomic E-state index is 13.4. The Labute approximate surface area is 241 Å². The minimum Gasteiger partial charge on any atom is -0.394 e. The van der Waals surface area contributed by atoms with Gasteiger partial charge in [0, 0.05) is 18.8 Å². The van der Waals surface area contributed by atoms with Crippen molar-refractivity contribution >= 4 is 5.78 Å². The van der Waals surface area contributed by atoms with Gasteiger partial charge >= 0.3 is 0 Å². The van der Waals surface area contributed by atoms with Gasteiger partial charge in [-0.15, -0.1) is 0 Å². The molecule has 5 rings (SSSR count). The molecule has 10 N–H and O–H groups in total. The van der Waals surface area contributed by atoms with Gasteiger partial charge in [0.25, 0.3) is 0 Å². The second kappa shape index (κ2) is 13.1. The van der Waals surface area contributed by atoms with E-state index in [1.54, 1.807) is 6.08 Å². The molecule has 3 saturated heterocycles. The van der Waals surface area contributed by atoms with Crippen molar-refractivity contribution in [2.45, 2.75) is 124 Å². The summed E-state index contributed by atoms with van der Waals surface area (Å²) in [6.45, 7) is -1.49. The molecule has 240 valence electrons. The maximum Gasteiger partial charge on any atom is 0.187 e. The summed E-state index contributed by atoms with van der Waals surface area (Å²) >= 11 is 0. The monoisotopic (exact) mass is 606 g/mol. The Morgan fingerprint density at radius 1 is 0.786 bits per heavy atom. The lowest BCUT2D eigenvalue weighted by Gasteiger charge is -2.54. The Bertz CT molecular complexity index is 977. The van der Waals surface area contributed by atoms with Gasteiger partial charge < -0.3 is 70.0 Å². The molecule has 15 nitrogen and oxygen atoms in total. The van der Waals surface area contributed by atoms with Gasteiger partial charge in [-0.25, -0.2) is 0 Å². The number of rotatable bonds is 6. The van der Waals surface area contributed by atoms with Crippen molar-refractivity contribution in [2.24, 2.45) is 11.8 Å². The number of hydrogen-bond acceptors (Lipinski definition) is 15. The number of fused-ring (bicyclic) bond motifs is 1. The third-order valence-corrected chi connectivity index (χ3v) is 9.41. The highest BCUT2D eigenvalue weighted by Gasteiger charge is 2.60. The number of ketones is 1. The van der Waals surface area contributed by atoms with E-state index in [2.05, 4.69) is 0 Å². The second-order valence-electron chi connectivity index (χ2n) is 12.0. The highest BCUT2D eigenvalue weighted by Crippen LogP contribution is 2.45. The predicted molar refractivity (Wildman–Crippen MR) is 136 cm³/mol. The average molecular weight is 607 g/mol. The topological polar surface area (TPSA) is 256 Å². The summed E-state index contributed by atoms with van der Waals surface area (Å²) in [4.78, 5) is 13.4. The third-order valence-electron chi connectivity index (χ3n) is 9.41. The largest absolute Gasteiger partial charge is 0.394 e. The molecule has 3 aliphatic heterocycles. The molecule has 4 fully saturated rings. The van der Waals surface area contributed by atoms with E-state index in [1.807, 2.05) is 0 Å². The van der Waals surface area contributed by atoms with E-state index in [0.717, 1.165) is 5.57 Å². The Kier molecular flexibility index (Phi) is 10.0. The van der Waals surface area contributed by atoms with Gasteiger partial charge in [-0.1, -0.05) is 6.08 Å². The Hall–Kier alpha value is -1.15. The van der Waals surface area contributed by atoms with E-state index in [0.29, 0.717) is 19.3 Å². The highest BCUT2D eigenvalue weighted by molar-refractivity contribution is 5.84. The van der Waals surface area contributed by atoms with Crippen LogP contribution in [0.3, 0.4) is 0 Å². The molecule has 0 aromatic carbocycles. The molecular formula is C27H42O15. The van der Waals surface area contributed by atoms with Crippen LogP contribution in [0.1, 0.15) is 32.1 Å². The Morgan fingerprint density at radius 2 is 1.45 bits per heavy atom. The first-order valence-electron chi connectivity index (χ1n) is 14.5. The van der Waals surface area contributed by atoms with Gasteiger partial charge in [0.15, 0.2) is 6.29 Å². The van der Waals surface area contributed by atoms with Gasteiger partial charge in [0.1, 0.15) is 54.6 Å². The SMILES string of the molecule is O=C1CC(C2=CCC(O)CC2)OC2C1C(O)CC(O)C2C1OC(CO)C(O)C(O)C1OC1OC(CO)C(O)C(O)C1O. The van der Waals surface area contributed by atoms with Crippen LogP contribution < -0.4 is 0 Å². The van der Waals surface area contributed by atoms with Crippen LogP contribution in [-0.2, 0) is 23.7 Å². The quantitative estimate of drug-likeness (QED) is 0.127. The molecule has 1 saturated carbocycles. The standard InChI is InChI=1S/C27H42O15/c28-7-15-20(35)22(37)26(42-27-23(38)21(36)19(34)16(8-29)41-27)25(40-15)18-12(32)5-11(31)17-13(33)6-14(39-24(17)18)9-1-3-10(30)4-2-9/h1,10-12,14-32,34-38H,2-8H2. The summed E-state index contributed by atoms with van der Waals surface area (Å²) < 4.78 is 23.6. The Morgan fingerprint density at radius 3 is 2.10 bits per heavy atom. The lowest BCUT2D eigenvalue weighted by Crippen LogP contribution is -2.69. The number of carbonyl (C=O) groups is 1. The number of Topliss-reactive ketones (excluding diaryl/α,β-unsaturated/α-hetero) is 1. The molecule has 2 aliphatic carbocycles. The zero-order valence-electron chi connectivity index (χ0n) is 22.9. The van der Waals surface area contributed by atoms with Crippen molar-refractivity contribution in [1.29, 1.82) is 0 Å². The molecule has 0 amide bonds. The summed E-state index contributed by atoms with van der Waals surface area (Å²) in [6.07, 6.45) is -18.4. The van der Waals surface area contributed by atoms with Gasteiger partial charge in [-0.05, 0) is 24.8 Å². The molecule has 0 radical (unpaired) electrons. The van der Waals surface area contributed by atoms with Crippen LogP contribution in [0.15, 0.2) is 11.6 Å². The number of carbonyl (C=O) groups excluding carboxylic acids is 1. The number of aliphatic hydroxyl groups is 10. The summed E-state index contributed by atoms with van der Waals surface area (Å²) in [5.74, 6) is -2.54.